The molecule has 0 aromatic heterocycles. The third kappa shape index (κ3) is 1.92. The Morgan fingerprint density at radius 2 is 1.93 bits per heavy atom. The number of hydrogen-bond acceptors (Lipinski definition) is 3. The van der Waals surface area contributed by atoms with Crippen molar-refractivity contribution < 1.29 is 15.0 Å². The van der Waals surface area contributed by atoms with Crippen LogP contribution in [0.5, 0.6) is 0 Å². The van der Waals surface area contributed by atoms with Crippen molar-refractivity contribution in [1.82, 2.24) is 0 Å². The van der Waals surface area contributed by atoms with Crippen LogP contribution in [0.15, 0.2) is 30.3 Å². The highest BCUT2D eigenvalue weighted by Gasteiger charge is 2.35. The molecule has 0 heterocycles. The van der Waals surface area contributed by atoms with Crippen molar-refractivity contribution in [2.75, 3.05) is 0 Å². The lowest BCUT2D eigenvalue weighted by Gasteiger charge is -2.27. The van der Waals surface area contributed by atoms with E-state index >= 15 is 0 Å². The van der Waals surface area contributed by atoms with E-state index < -0.39 is 17.6 Å². The van der Waals surface area contributed by atoms with Crippen LogP contribution in [-0.4, -0.2) is 22.2 Å². The Morgan fingerprint density at radius 1 is 1.43 bits per heavy atom. The van der Waals surface area contributed by atoms with Crippen molar-refractivity contribution in [3.05, 3.63) is 35.9 Å². The lowest BCUT2D eigenvalue weighted by atomic mass is 9.89. The minimum absolute atomic E-state index is 0.495. The Kier molecular flexibility index (Phi) is 2.88. The molecular weight excluding hydrogens is 182 g/mol. The average Bonchev–Trinajstić information content (AvgIpc) is 2.18. The van der Waals surface area contributed by atoms with E-state index in [0.717, 1.165) is 0 Å². The van der Waals surface area contributed by atoms with Gasteiger partial charge in [0.05, 0.1) is 0 Å². The van der Waals surface area contributed by atoms with E-state index in [-0.39, 0.29) is 0 Å². The number of carboxylic acids is 1. The summed E-state index contributed by atoms with van der Waals surface area (Å²) in [5.41, 5.74) is 4.32. The standard InChI is InChI=1S/C10H13NO3/c1-10(14,8(11)9(12)13)7-5-3-2-4-6-7/h2-6,8,14H,11H2,1H3,(H,12,13)/t8-,10+/m1/s1. The number of aliphatic carboxylic acids is 1. The van der Waals surface area contributed by atoms with Gasteiger partial charge in [-0.25, -0.2) is 0 Å². The van der Waals surface area contributed by atoms with E-state index in [0.29, 0.717) is 5.56 Å². The summed E-state index contributed by atoms with van der Waals surface area (Å²) in [6.45, 7) is 1.39. The van der Waals surface area contributed by atoms with Gasteiger partial charge in [0.15, 0.2) is 0 Å². The zero-order chi connectivity index (χ0) is 10.8. The Morgan fingerprint density at radius 3 is 2.36 bits per heavy atom. The SMILES string of the molecule is C[C@](O)(c1ccccc1)[C@H](N)C(=O)O. The molecule has 4 nitrogen and oxygen atoms in total. The number of rotatable bonds is 3. The summed E-state index contributed by atoms with van der Waals surface area (Å²) in [6.07, 6.45) is 0. The topological polar surface area (TPSA) is 83.5 Å². The molecule has 0 saturated carbocycles. The van der Waals surface area contributed by atoms with Crippen LogP contribution in [0.25, 0.3) is 0 Å². The van der Waals surface area contributed by atoms with Crippen LogP contribution in [0.4, 0.5) is 0 Å². The third-order valence-electron chi connectivity index (χ3n) is 2.23. The van der Waals surface area contributed by atoms with Gasteiger partial charge in [0.1, 0.15) is 11.6 Å². The Bertz CT molecular complexity index is 321. The Balaban J connectivity index is 3.02. The molecule has 1 aromatic rings. The predicted octanol–water partition coefficient (Wildman–Crippen LogP) is 0.306. The van der Waals surface area contributed by atoms with Gasteiger partial charge in [-0.1, -0.05) is 30.3 Å². The van der Waals surface area contributed by atoms with Gasteiger partial charge < -0.3 is 15.9 Å². The summed E-state index contributed by atoms with van der Waals surface area (Å²) in [5, 5.41) is 18.6. The molecule has 0 aliphatic rings. The minimum Gasteiger partial charge on any atom is -0.480 e. The number of carbonyl (C=O) groups is 1. The molecule has 1 aromatic carbocycles. The highest BCUT2D eigenvalue weighted by molar-refractivity contribution is 5.75. The van der Waals surface area contributed by atoms with Crippen molar-refractivity contribution in [3.8, 4) is 0 Å². The van der Waals surface area contributed by atoms with Gasteiger partial charge >= 0.3 is 5.97 Å². The largest absolute Gasteiger partial charge is 0.480 e. The van der Waals surface area contributed by atoms with Gasteiger partial charge in [0.25, 0.3) is 0 Å². The van der Waals surface area contributed by atoms with Gasteiger partial charge in [-0.05, 0) is 12.5 Å². The summed E-state index contributed by atoms with van der Waals surface area (Å²) >= 11 is 0. The quantitative estimate of drug-likeness (QED) is 0.648. The summed E-state index contributed by atoms with van der Waals surface area (Å²) in [5.74, 6) is -1.22. The first kappa shape index (κ1) is 10.7. The zero-order valence-electron chi connectivity index (χ0n) is 7.84. The van der Waals surface area contributed by atoms with Crippen LogP contribution in [0.3, 0.4) is 0 Å². The van der Waals surface area contributed by atoms with Crippen molar-refractivity contribution >= 4 is 5.97 Å². The Labute approximate surface area is 82.0 Å². The second-order valence-electron chi connectivity index (χ2n) is 3.33. The maximum atomic E-state index is 10.6. The molecule has 0 aliphatic heterocycles. The monoisotopic (exact) mass is 195 g/mol. The number of carboxylic acid groups (broad SMARTS) is 1. The molecular formula is C10H13NO3. The molecule has 0 bridgehead atoms. The summed E-state index contributed by atoms with van der Waals surface area (Å²) in [6, 6.07) is 7.18. The van der Waals surface area contributed by atoms with E-state index in [9.17, 15) is 9.90 Å². The van der Waals surface area contributed by atoms with Crippen LogP contribution >= 0.6 is 0 Å². The fourth-order valence-corrected chi connectivity index (χ4v) is 1.20. The van der Waals surface area contributed by atoms with Crippen molar-refractivity contribution in [2.24, 2.45) is 5.73 Å². The van der Waals surface area contributed by atoms with Gasteiger partial charge in [-0.2, -0.15) is 0 Å². The normalized spacial score (nSPS) is 17.1. The fourth-order valence-electron chi connectivity index (χ4n) is 1.20. The van der Waals surface area contributed by atoms with E-state index in [1.54, 1.807) is 30.3 Å². The van der Waals surface area contributed by atoms with Gasteiger partial charge in [-0.15, -0.1) is 0 Å². The molecule has 0 amide bonds. The van der Waals surface area contributed by atoms with E-state index in [2.05, 4.69) is 0 Å². The number of hydrogen-bond donors (Lipinski definition) is 3. The lowest BCUT2D eigenvalue weighted by Crippen LogP contribution is -2.48. The highest BCUT2D eigenvalue weighted by atomic mass is 16.4. The average molecular weight is 195 g/mol. The molecule has 0 aliphatic carbocycles. The van der Waals surface area contributed by atoms with Crippen LogP contribution in [0.1, 0.15) is 12.5 Å². The molecule has 76 valence electrons. The third-order valence-corrected chi connectivity index (χ3v) is 2.23. The van der Waals surface area contributed by atoms with E-state index in [1.807, 2.05) is 0 Å². The fraction of sp³-hybridized carbons (Fsp3) is 0.300. The smallest absolute Gasteiger partial charge is 0.323 e. The Hall–Kier alpha value is -1.39. The maximum absolute atomic E-state index is 10.6. The van der Waals surface area contributed by atoms with Gasteiger partial charge in [-0.3, -0.25) is 4.79 Å². The molecule has 0 radical (unpaired) electrons. The molecule has 1 rings (SSSR count). The molecule has 0 spiro atoms. The molecule has 4 N–H and O–H groups in total. The van der Waals surface area contributed by atoms with Crippen molar-refractivity contribution in [3.63, 3.8) is 0 Å². The molecule has 0 fully saturated rings. The molecule has 0 saturated heterocycles. The lowest BCUT2D eigenvalue weighted by molar-refractivity contribution is -0.145. The highest BCUT2D eigenvalue weighted by Crippen LogP contribution is 2.23. The second-order valence-corrected chi connectivity index (χ2v) is 3.33. The van der Waals surface area contributed by atoms with E-state index in [4.69, 9.17) is 10.8 Å². The van der Waals surface area contributed by atoms with Gasteiger partial charge in [0.2, 0.25) is 0 Å². The van der Waals surface area contributed by atoms with E-state index in [1.165, 1.54) is 6.92 Å². The van der Waals surface area contributed by atoms with Crippen LogP contribution in [0, 0.1) is 0 Å². The maximum Gasteiger partial charge on any atom is 0.323 e. The number of aliphatic hydroxyl groups is 1. The summed E-state index contributed by atoms with van der Waals surface area (Å²) < 4.78 is 0. The first-order valence-electron chi connectivity index (χ1n) is 4.22. The number of nitrogens with two attached hydrogens (primary N) is 1. The number of benzene rings is 1. The van der Waals surface area contributed by atoms with Gasteiger partial charge in [0, 0.05) is 0 Å². The van der Waals surface area contributed by atoms with Crippen LogP contribution in [-0.2, 0) is 10.4 Å². The van der Waals surface area contributed by atoms with Crippen molar-refractivity contribution in [2.45, 2.75) is 18.6 Å². The molecule has 2 atom stereocenters. The predicted molar refractivity (Wildman–Crippen MR) is 51.6 cm³/mol. The molecule has 4 heteroatoms. The van der Waals surface area contributed by atoms with Crippen molar-refractivity contribution in [1.29, 1.82) is 0 Å². The summed E-state index contributed by atoms with van der Waals surface area (Å²) in [4.78, 5) is 10.6. The molecule has 0 unspecified atom stereocenters. The first-order chi connectivity index (χ1) is 6.46. The molecule has 14 heavy (non-hydrogen) atoms. The zero-order valence-corrected chi connectivity index (χ0v) is 7.84. The summed E-state index contributed by atoms with van der Waals surface area (Å²) in [7, 11) is 0. The minimum atomic E-state index is -1.55. The second kappa shape index (κ2) is 3.77. The van der Waals surface area contributed by atoms with Crippen LogP contribution < -0.4 is 5.73 Å². The first-order valence-corrected chi connectivity index (χ1v) is 4.22. The van der Waals surface area contributed by atoms with Crippen LogP contribution in [0.2, 0.25) is 0 Å².